The Hall–Kier alpha value is -2.02. The fourth-order valence-corrected chi connectivity index (χ4v) is 2.09. The van der Waals surface area contributed by atoms with Gasteiger partial charge in [0.05, 0.1) is 12.4 Å². The van der Waals surface area contributed by atoms with Crippen molar-refractivity contribution in [2.75, 3.05) is 0 Å². The lowest BCUT2D eigenvalue weighted by Crippen LogP contribution is -2.13. The van der Waals surface area contributed by atoms with Crippen molar-refractivity contribution >= 4 is 21.8 Å². The fraction of sp³-hybridized carbons (Fsp3) is 0.167. The van der Waals surface area contributed by atoms with Gasteiger partial charge in [0.15, 0.2) is 11.6 Å². The molecule has 1 aromatic heterocycles. The Kier molecular flexibility index (Phi) is 4.06. The van der Waals surface area contributed by atoms with Crippen molar-refractivity contribution in [3.05, 3.63) is 40.6 Å². The summed E-state index contributed by atoms with van der Waals surface area (Å²) in [5.41, 5.74) is 6.13. The Balaban J connectivity index is 2.20. The van der Waals surface area contributed by atoms with E-state index >= 15 is 0 Å². The van der Waals surface area contributed by atoms with Gasteiger partial charge < -0.3 is 15.7 Å². The van der Waals surface area contributed by atoms with Crippen LogP contribution < -0.4 is 10.5 Å². The van der Waals surface area contributed by atoms with Gasteiger partial charge in [-0.2, -0.15) is 5.10 Å². The number of hydrogen-bond acceptors (Lipinski definition) is 4. The summed E-state index contributed by atoms with van der Waals surface area (Å²) < 4.78 is 8.11. The molecule has 0 saturated heterocycles. The van der Waals surface area contributed by atoms with Crippen molar-refractivity contribution in [3.8, 4) is 11.5 Å². The van der Waals surface area contributed by atoms with Crippen LogP contribution in [0.5, 0.6) is 11.5 Å². The lowest BCUT2D eigenvalue weighted by molar-refractivity contribution is 0.318. The van der Waals surface area contributed by atoms with E-state index in [0.717, 1.165) is 6.54 Å². The first-order valence-corrected chi connectivity index (χ1v) is 6.41. The van der Waals surface area contributed by atoms with Gasteiger partial charge in [-0.05, 0) is 41.1 Å². The van der Waals surface area contributed by atoms with Crippen LogP contribution >= 0.6 is 15.9 Å². The van der Waals surface area contributed by atoms with Crippen LogP contribution in [-0.2, 0) is 6.54 Å². The van der Waals surface area contributed by atoms with E-state index in [1.165, 1.54) is 0 Å². The number of rotatable bonds is 4. The Labute approximate surface area is 118 Å². The van der Waals surface area contributed by atoms with E-state index < -0.39 is 0 Å². The maximum Gasteiger partial charge on any atom is 0.171 e. The van der Waals surface area contributed by atoms with Crippen molar-refractivity contribution in [3.63, 3.8) is 0 Å². The zero-order valence-corrected chi connectivity index (χ0v) is 11.8. The number of aromatic nitrogens is 2. The predicted octanol–water partition coefficient (Wildman–Crippen LogP) is 2.55. The number of benzene rings is 1. The summed E-state index contributed by atoms with van der Waals surface area (Å²) in [4.78, 5) is 0. The maximum atomic E-state index is 8.65. The molecule has 0 aliphatic carbocycles. The molecule has 0 fully saturated rings. The van der Waals surface area contributed by atoms with Gasteiger partial charge in [-0.25, -0.2) is 0 Å². The van der Waals surface area contributed by atoms with Crippen LogP contribution in [0.4, 0.5) is 0 Å². The van der Waals surface area contributed by atoms with Crippen LogP contribution in [0.2, 0.25) is 0 Å². The van der Waals surface area contributed by atoms with Gasteiger partial charge in [0.2, 0.25) is 0 Å². The summed E-state index contributed by atoms with van der Waals surface area (Å²) in [6, 6.07) is 5.19. The minimum atomic E-state index is 0.0391. The monoisotopic (exact) mass is 324 g/mol. The highest BCUT2D eigenvalue weighted by Crippen LogP contribution is 2.26. The third-order valence-electron chi connectivity index (χ3n) is 2.49. The molecule has 2 aromatic rings. The summed E-state index contributed by atoms with van der Waals surface area (Å²) in [5, 5.41) is 15.7. The van der Waals surface area contributed by atoms with Crippen molar-refractivity contribution in [2.24, 2.45) is 10.9 Å². The number of nitrogens with zero attached hydrogens (tertiary/aromatic N) is 3. The molecule has 1 aromatic carbocycles. The number of oxime groups is 1. The third-order valence-corrected chi connectivity index (χ3v) is 3.15. The predicted molar refractivity (Wildman–Crippen MR) is 74.6 cm³/mol. The molecule has 6 nitrogen and oxygen atoms in total. The van der Waals surface area contributed by atoms with E-state index in [2.05, 4.69) is 26.2 Å². The van der Waals surface area contributed by atoms with Gasteiger partial charge in [0.1, 0.15) is 5.75 Å². The molecule has 2 rings (SSSR count). The van der Waals surface area contributed by atoms with E-state index in [0.29, 0.717) is 21.5 Å². The van der Waals surface area contributed by atoms with Crippen LogP contribution in [0, 0.1) is 0 Å². The van der Waals surface area contributed by atoms with E-state index in [1.807, 2.05) is 13.1 Å². The molecule has 0 unspecified atom stereocenters. The quantitative estimate of drug-likeness (QED) is 0.391. The van der Waals surface area contributed by atoms with Crippen LogP contribution in [0.3, 0.4) is 0 Å². The van der Waals surface area contributed by atoms with Gasteiger partial charge in [0.25, 0.3) is 0 Å². The second kappa shape index (κ2) is 5.75. The number of halogens is 1. The molecule has 0 radical (unpaired) electrons. The molecule has 0 aliphatic heterocycles. The first kappa shape index (κ1) is 13.4. The number of hydrogen-bond donors (Lipinski definition) is 2. The van der Waals surface area contributed by atoms with Crippen LogP contribution in [0.15, 0.2) is 40.2 Å². The zero-order valence-electron chi connectivity index (χ0n) is 10.2. The standard InChI is InChI=1S/C12H13BrN4O2/c1-2-17-7-9(6-15-17)19-8-3-4-10(11(13)5-8)12(14)16-18/h3-7,18H,2H2,1H3,(H2,14,16). The molecule has 0 spiro atoms. The van der Waals surface area contributed by atoms with Gasteiger partial charge in [0, 0.05) is 16.6 Å². The summed E-state index contributed by atoms with van der Waals surface area (Å²) in [6.07, 6.45) is 3.46. The first-order chi connectivity index (χ1) is 9.13. The summed E-state index contributed by atoms with van der Waals surface area (Å²) in [7, 11) is 0. The SMILES string of the molecule is CCn1cc(Oc2ccc(/C(N)=N/O)c(Br)c2)cn1. The summed E-state index contributed by atoms with van der Waals surface area (Å²) in [5.74, 6) is 1.33. The second-order valence-corrected chi connectivity index (χ2v) is 4.62. The van der Waals surface area contributed by atoms with Crippen molar-refractivity contribution < 1.29 is 9.94 Å². The number of aryl methyl sites for hydroxylation is 1. The second-order valence-electron chi connectivity index (χ2n) is 3.76. The van der Waals surface area contributed by atoms with Crippen LogP contribution in [0.1, 0.15) is 12.5 Å². The largest absolute Gasteiger partial charge is 0.454 e. The molecule has 19 heavy (non-hydrogen) atoms. The number of nitrogens with two attached hydrogens (primary N) is 1. The smallest absolute Gasteiger partial charge is 0.171 e. The molecule has 1 heterocycles. The third kappa shape index (κ3) is 3.05. The fourth-order valence-electron chi connectivity index (χ4n) is 1.53. The van der Waals surface area contributed by atoms with E-state index in [-0.39, 0.29) is 5.84 Å². The molecule has 7 heteroatoms. The Bertz CT molecular complexity index is 610. The highest BCUT2D eigenvalue weighted by molar-refractivity contribution is 9.10. The first-order valence-electron chi connectivity index (χ1n) is 5.61. The molecule has 0 atom stereocenters. The zero-order chi connectivity index (χ0) is 13.8. The minimum Gasteiger partial charge on any atom is -0.454 e. The Morgan fingerprint density at radius 2 is 2.32 bits per heavy atom. The van der Waals surface area contributed by atoms with Gasteiger partial charge in [-0.1, -0.05) is 5.16 Å². The Morgan fingerprint density at radius 3 is 2.89 bits per heavy atom. The number of amidine groups is 1. The Morgan fingerprint density at radius 1 is 1.53 bits per heavy atom. The molecular weight excluding hydrogens is 312 g/mol. The topological polar surface area (TPSA) is 85.7 Å². The van der Waals surface area contributed by atoms with Crippen LogP contribution in [0.25, 0.3) is 0 Å². The molecule has 0 saturated carbocycles. The molecule has 3 N–H and O–H groups in total. The highest BCUT2D eigenvalue weighted by Gasteiger charge is 2.07. The highest BCUT2D eigenvalue weighted by atomic mass is 79.9. The summed E-state index contributed by atoms with van der Waals surface area (Å²) in [6.45, 7) is 2.79. The average Bonchev–Trinajstić information content (AvgIpc) is 2.86. The van der Waals surface area contributed by atoms with Gasteiger partial charge >= 0.3 is 0 Å². The van der Waals surface area contributed by atoms with Crippen molar-refractivity contribution in [1.29, 1.82) is 0 Å². The van der Waals surface area contributed by atoms with Crippen molar-refractivity contribution in [1.82, 2.24) is 9.78 Å². The lowest BCUT2D eigenvalue weighted by Gasteiger charge is -2.06. The maximum absolute atomic E-state index is 8.65. The van der Waals surface area contributed by atoms with Gasteiger partial charge in [-0.3, -0.25) is 4.68 Å². The molecule has 0 bridgehead atoms. The lowest BCUT2D eigenvalue weighted by atomic mass is 10.2. The average molecular weight is 325 g/mol. The number of ether oxygens (including phenoxy) is 1. The van der Waals surface area contributed by atoms with E-state index in [9.17, 15) is 0 Å². The minimum absolute atomic E-state index is 0.0391. The van der Waals surface area contributed by atoms with Gasteiger partial charge in [-0.15, -0.1) is 0 Å². The molecule has 100 valence electrons. The molecular formula is C12H13BrN4O2. The molecule has 0 aliphatic rings. The normalized spacial score (nSPS) is 11.6. The molecule has 0 amide bonds. The van der Waals surface area contributed by atoms with E-state index in [4.69, 9.17) is 15.7 Å². The van der Waals surface area contributed by atoms with E-state index in [1.54, 1.807) is 29.1 Å². The van der Waals surface area contributed by atoms with Crippen LogP contribution in [-0.4, -0.2) is 20.8 Å². The van der Waals surface area contributed by atoms with Crippen molar-refractivity contribution in [2.45, 2.75) is 13.5 Å². The summed E-state index contributed by atoms with van der Waals surface area (Å²) >= 11 is 3.35.